The molecule has 3 aromatic carbocycles. The number of halogens is 1. The Morgan fingerprint density at radius 2 is 1.41 bits per heavy atom. The quantitative estimate of drug-likeness (QED) is 0.375. The number of rotatable bonds is 5. The van der Waals surface area contributed by atoms with E-state index in [2.05, 4.69) is 9.88 Å². The first kappa shape index (κ1) is 22.6. The van der Waals surface area contributed by atoms with E-state index in [1.807, 2.05) is 98.0 Å². The molecule has 0 saturated carbocycles. The van der Waals surface area contributed by atoms with Crippen molar-refractivity contribution in [3.05, 3.63) is 113 Å². The predicted octanol–water partition coefficient (Wildman–Crippen LogP) is 6.26. The molecule has 0 aliphatic carbocycles. The summed E-state index contributed by atoms with van der Waals surface area (Å²) in [5.41, 5.74) is 3.88. The van der Waals surface area contributed by atoms with Crippen molar-refractivity contribution in [3.8, 4) is 11.1 Å². The maximum absolute atomic E-state index is 12.1. The highest BCUT2D eigenvalue weighted by Gasteiger charge is 2.41. The minimum absolute atomic E-state index is 0.1000. The highest BCUT2D eigenvalue weighted by Crippen LogP contribution is 2.42. The number of hydrogen-bond donors (Lipinski definition) is 1. The minimum atomic E-state index is -1.02. The van der Waals surface area contributed by atoms with Gasteiger partial charge in [0.1, 0.15) is 5.60 Å². The SMILES string of the molecule is Cc1nc(N2CCC(C(O)(c3ccccc3)c3ccccc3)CC2)ncc1-c1ccc(Cl)cc1. The lowest BCUT2D eigenvalue weighted by Crippen LogP contribution is -2.44. The van der Waals surface area contributed by atoms with Gasteiger partial charge < -0.3 is 10.0 Å². The Morgan fingerprint density at radius 3 is 1.94 bits per heavy atom. The molecule has 1 aliphatic rings. The third-order valence-electron chi connectivity index (χ3n) is 6.92. The fourth-order valence-electron chi connectivity index (χ4n) is 5.04. The van der Waals surface area contributed by atoms with Gasteiger partial charge in [0.2, 0.25) is 5.95 Å². The summed E-state index contributed by atoms with van der Waals surface area (Å²) in [7, 11) is 0. The molecule has 1 saturated heterocycles. The summed E-state index contributed by atoms with van der Waals surface area (Å²) >= 11 is 6.03. The van der Waals surface area contributed by atoms with E-state index < -0.39 is 5.60 Å². The lowest BCUT2D eigenvalue weighted by atomic mass is 9.72. The molecule has 0 atom stereocenters. The molecule has 34 heavy (non-hydrogen) atoms. The molecule has 0 unspecified atom stereocenters. The van der Waals surface area contributed by atoms with E-state index >= 15 is 0 Å². The van der Waals surface area contributed by atoms with Crippen LogP contribution in [-0.4, -0.2) is 28.2 Å². The first-order valence-corrected chi connectivity index (χ1v) is 12.1. The van der Waals surface area contributed by atoms with Gasteiger partial charge in [-0.15, -0.1) is 0 Å². The lowest BCUT2D eigenvalue weighted by molar-refractivity contribution is 0.00494. The number of hydrogen-bond acceptors (Lipinski definition) is 4. The van der Waals surface area contributed by atoms with Crippen LogP contribution in [0.1, 0.15) is 29.7 Å². The van der Waals surface area contributed by atoms with E-state index in [4.69, 9.17) is 16.6 Å². The molecule has 4 aromatic rings. The lowest BCUT2D eigenvalue weighted by Gasteiger charge is -2.42. The monoisotopic (exact) mass is 469 g/mol. The fraction of sp³-hybridized carbons (Fsp3) is 0.241. The fourth-order valence-corrected chi connectivity index (χ4v) is 5.17. The van der Waals surface area contributed by atoms with Crippen molar-refractivity contribution in [2.45, 2.75) is 25.4 Å². The molecule has 172 valence electrons. The first-order valence-electron chi connectivity index (χ1n) is 11.7. The van der Waals surface area contributed by atoms with E-state index in [9.17, 15) is 5.11 Å². The van der Waals surface area contributed by atoms with Gasteiger partial charge >= 0.3 is 0 Å². The third-order valence-corrected chi connectivity index (χ3v) is 7.17. The van der Waals surface area contributed by atoms with E-state index in [-0.39, 0.29) is 5.92 Å². The molecule has 1 N–H and O–H groups in total. The summed E-state index contributed by atoms with van der Waals surface area (Å²) in [6.07, 6.45) is 3.60. The molecule has 5 heteroatoms. The van der Waals surface area contributed by atoms with Crippen molar-refractivity contribution in [2.24, 2.45) is 5.92 Å². The van der Waals surface area contributed by atoms with Crippen molar-refractivity contribution in [1.82, 2.24) is 9.97 Å². The number of aromatic nitrogens is 2. The molecule has 0 spiro atoms. The van der Waals surface area contributed by atoms with Crippen molar-refractivity contribution in [3.63, 3.8) is 0 Å². The van der Waals surface area contributed by atoms with Crippen LogP contribution >= 0.6 is 11.6 Å². The summed E-state index contributed by atoms with van der Waals surface area (Å²) in [5, 5.41) is 12.8. The Morgan fingerprint density at radius 1 is 0.853 bits per heavy atom. The summed E-state index contributed by atoms with van der Waals surface area (Å²) in [4.78, 5) is 11.7. The van der Waals surface area contributed by atoms with E-state index in [1.165, 1.54) is 0 Å². The second-order valence-electron chi connectivity index (χ2n) is 8.94. The van der Waals surface area contributed by atoms with Crippen LogP contribution in [0.3, 0.4) is 0 Å². The van der Waals surface area contributed by atoms with Crippen LogP contribution in [0.15, 0.2) is 91.1 Å². The highest BCUT2D eigenvalue weighted by atomic mass is 35.5. The number of piperidine rings is 1. The van der Waals surface area contributed by atoms with Gasteiger partial charge in [0.05, 0.1) is 5.69 Å². The van der Waals surface area contributed by atoms with Crippen LogP contribution in [0, 0.1) is 12.8 Å². The van der Waals surface area contributed by atoms with Crippen LogP contribution in [0.4, 0.5) is 5.95 Å². The number of benzene rings is 3. The molecule has 0 bridgehead atoms. The minimum Gasteiger partial charge on any atom is -0.380 e. The van der Waals surface area contributed by atoms with Crippen molar-refractivity contribution in [2.75, 3.05) is 18.0 Å². The second-order valence-corrected chi connectivity index (χ2v) is 9.37. The molecule has 5 rings (SSSR count). The molecule has 2 heterocycles. The summed E-state index contributed by atoms with van der Waals surface area (Å²) < 4.78 is 0. The Balaban J connectivity index is 1.36. The Labute approximate surface area is 205 Å². The van der Waals surface area contributed by atoms with E-state index in [1.54, 1.807) is 0 Å². The smallest absolute Gasteiger partial charge is 0.225 e. The second kappa shape index (κ2) is 9.57. The summed E-state index contributed by atoms with van der Waals surface area (Å²) in [6.45, 7) is 3.62. The molecule has 1 aliphatic heterocycles. The zero-order valence-corrected chi connectivity index (χ0v) is 20.0. The number of aryl methyl sites for hydroxylation is 1. The normalized spacial score (nSPS) is 14.9. The number of aliphatic hydroxyl groups is 1. The molecule has 0 radical (unpaired) electrons. The van der Waals surface area contributed by atoms with Crippen molar-refractivity contribution < 1.29 is 5.11 Å². The topological polar surface area (TPSA) is 49.2 Å². The standard InChI is InChI=1S/C29H28ClN3O/c1-21-27(22-12-14-26(30)15-13-22)20-31-28(32-21)33-18-16-25(17-19-33)29(34,23-8-4-2-5-9-23)24-10-6-3-7-11-24/h2-15,20,25,34H,16-19H2,1H3. The van der Waals surface area contributed by atoms with Gasteiger partial charge in [0.25, 0.3) is 0 Å². The van der Waals surface area contributed by atoms with Gasteiger partial charge in [0, 0.05) is 29.9 Å². The molecular weight excluding hydrogens is 442 g/mol. The molecule has 1 aromatic heterocycles. The summed E-state index contributed by atoms with van der Waals surface area (Å²) in [6, 6.07) is 27.8. The number of nitrogens with zero attached hydrogens (tertiary/aromatic N) is 3. The van der Waals surface area contributed by atoms with Gasteiger partial charge in [-0.2, -0.15) is 0 Å². The average Bonchev–Trinajstić information content (AvgIpc) is 2.90. The highest BCUT2D eigenvalue weighted by molar-refractivity contribution is 6.30. The summed E-state index contributed by atoms with van der Waals surface area (Å²) in [5.74, 6) is 0.847. The van der Waals surface area contributed by atoms with Crippen molar-refractivity contribution in [1.29, 1.82) is 0 Å². The molecule has 4 nitrogen and oxygen atoms in total. The van der Waals surface area contributed by atoms with Crippen LogP contribution in [0.2, 0.25) is 5.02 Å². The van der Waals surface area contributed by atoms with Crippen LogP contribution in [0.5, 0.6) is 0 Å². The van der Waals surface area contributed by atoms with Crippen LogP contribution in [-0.2, 0) is 5.60 Å². The van der Waals surface area contributed by atoms with Gasteiger partial charge in [0.15, 0.2) is 0 Å². The zero-order valence-electron chi connectivity index (χ0n) is 19.2. The van der Waals surface area contributed by atoms with E-state index in [0.29, 0.717) is 5.02 Å². The Bertz CT molecular complexity index is 1200. The van der Waals surface area contributed by atoms with Gasteiger partial charge in [-0.25, -0.2) is 9.97 Å². The molecule has 0 amide bonds. The predicted molar refractivity (Wildman–Crippen MR) is 138 cm³/mol. The van der Waals surface area contributed by atoms with Crippen LogP contribution in [0.25, 0.3) is 11.1 Å². The molecule has 1 fully saturated rings. The van der Waals surface area contributed by atoms with Crippen LogP contribution < -0.4 is 4.90 Å². The van der Waals surface area contributed by atoms with E-state index in [0.717, 1.165) is 59.8 Å². The number of anilines is 1. The average molecular weight is 470 g/mol. The zero-order chi connectivity index (χ0) is 23.5. The van der Waals surface area contributed by atoms with Crippen molar-refractivity contribution >= 4 is 17.5 Å². The van der Waals surface area contributed by atoms with Gasteiger partial charge in [-0.1, -0.05) is 84.4 Å². The first-order chi connectivity index (χ1) is 16.6. The van der Waals surface area contributed by atoms with Gasteiger partial charge in [-0.05, 0) is 54.5 Å². The Hall–Kier alpha value is -3.21. The maximum atomic E-state index is 12.1. The maximum Gasteiger partial charge on any atom is 0.225 e. The Kier molecular flexibility index (Phi) is 6.36. The van der Waals surface area contributed by atoms with Gasteiger partial charge in [-0.3, -0.25) is 0 Å². The third kappa shape index (κ3) is 4.31. The molecular formula is C29H28ClN3O. The largest absolute Gasteiger partial charge is 0.380 e.